The van der Waals surface area contributed by atoms with Crippen LogP contribution in [-0.4, -0.2) is 5.91 Å². The lowest BCUT2D eigenvalue weighted by atomic mass is 10.2. The van der Waals surface area contributed by atoms with Gasteiger partial charge >= 0.3 is 0 Å². The van der Waals surface area contributed by atoms with Crippen molar-refractivity contribution in [2.24, 2.45) is 0 Å². The minimum atomic E-state index is -0.564. The summed E-state index contributed by atoms with van der Waals surface area (Å²) in [5.74, 6) is -0.976. The highest BCUT2D eigenvalue weighted by Crippen LogP contribution is 2.25. The zero-order chi connectivity index (χ0) is 14.0. The van der Waals surface area contributed by atoms with Gasteiger partial charge in [0.1, 0.15) is 5.82 Å². The van der Waals surface area contributed by atoms with Crippen molar-refractivity contribution in [3.05, 3.63) is 57.8 Å². The number of carbonyl (C=O) groups excluding carboxylic acids is 1. The van der Waals surface area contributed by atoms with E-state index in [1.54, 1.807) is 12.1 Å². The Balaban J connectivity index is 2.20. The lowest BCUT2D eigenvalue weighted by molar-refractivity contribution is 0.102. The molecule has 0 bridgehead atoms. The molecule has 0 unspecified atom stereocenters. The van der Waals surface area contributed by atoms with Gasteiger partial charge in [-0.2, -0.15) is 0 Å². The van der Waals surface area contributed by atoms with Crippen molar-refractivity contribution in [1.29, 1.82) is 0 Å². The van der Waals surface area contributed by atoms with E-state index < -0.39 is 11.7 Å². The number of nitrogens with two attached hydrogens (primary N) is 1. The molecule has 0 aromatic heterocycles. The number of carbonyl (C=O) groups is 1. The number of halogens is 3. The molecule has 0 aliphatic carbocycles. The Morgan fingerprint density at radius 3 is 2.47 bits per heavy atom. The van der Waals surface area contributed by atoms with Crippen molar-refractivity contribution < 1.29 is 9.18 Å². The second-order valence-electron chi connectivity index (χ2n) is 3.82. The molecule has 0 atom stereocenters. The summed E-state index contributed by atoms with van der Waals surface area (Å²) in [6.07, 6.45) is 0. The van der Waals surface area contributed by atoms with Crippen LogP contribution in [0.3, 0.4) is 0 Å². The smallest absolute Gasteiger partial charge is 0.255 e. The molecule has 0 fully saturated rings. The number of hydrogen-bond donors (Lipinski definition) is 2. The molecular formula is C13H9Cl2FN2O. The van der Waals surface area contributed by atoms with Crippen LogP contribution in [0.1, 0.15) is 10.4 Å². The van der Waals surface area contributed by atoms with Gasteiger partial charge in [-0.3, -0.25) is 4.79 Å². The Morgan fingerprint density at radius 2 is 1.84 bits per heavy atom. The standard InChI is InChI=1S/C13H9Cl2FN2O/c14-9-3-2-8(6-10(9)15)18-13(19)7-1-4-11(16)12(17)5-7/h1-6H,17H2,(H,18,19). The monoisotopic (exact) mass is 298 g/mol. The zero-order valence-electron chi connectivity index (χ0n) is 9.58. The predicted molar refractivity (Wildman–Crippen MR) is 75.2 cm³/mol. The van der Waals surface area contributed by atoms with Crippen LogP contribution in [-0.2, 0) is 0 Å². The first-order valence-electron chi connectivity index (χ1n) is 5.29. The summed E-state index contributed by atoms with van der Waals surface area (Å²) in [7, 11) is 0. The maximum atomic E-state index is 13.0. The van der Waals surface area contributed by atoms with E-state index in [1.165, 1.54) is 18.2 Å². The average Bonchev–Trinajstić information content (AvgIpc) is 2.37. The topological polar surface area (TPSA) is 55.1 Å². The summed E-state index contributed by atoms with van der Waals surface area (Å²) >= 11 is 11.6. The lowest BCUT2D eigenvalue weighted by Gasteiger charge is -2.07. The minimum absolute atomic E-state index is 0.0817. The van der Waals surface area contributed by atoms with E-state index in [0.29, 0.717) is 15.7 Å². The van der Waals surface area contributed by atoms with Gasteiger partial charge in [-0.1, -0.05) is 23.2 Å². The molecule has 2 rings (SSSR count). The number of anilines is 2. The van der Waals surface area contributed by atoms with Crippen molar-refractivity contribution in [1.82, 2.24) is 0 Å². The number of rotatable bonds is 2. The fourth-order valence-electron chi connectivity index (χ4n) is 1.46. The van der Waals surface area contributed by atoms with Gasteiger partial charge in [-0.15, -0.1) is 0 Å². The molecule has 1 amide bonds. The number of amides is 1. The second kappa shape index (κ2) is 5.47. The normalized spacial score (nSPS) is 10.3. The molecule has 0 aliphatic rings. The van der Waals surface area contributed by atoms with Crippen LogP contribution >= 0.6 is 23.2 Å². The van der Waals surface area contributed by atoms with E-state index in [0.717, 1.165) is 6.07 Å². The number of hydrogen-bond acceptors (Lipinski definition) is 2. The summed E-state index contributed by atoms with van der Waals surface area (Å²) in [6.45, 7) is 0. The molecular weight excluding hydrogens is 290 g/mol. The Hall–Kier alpha value is -1.78. The summed E-state index contributed by atoms with van der Waals surface area (Å²) < 4.78 is 13.0. The summed E-state index contributed by atoms with van der Waals surface area (Å²) in [5, 5.41) is 3.34. The first kappa shape index (κ1) is 13.6. The van der Waals surface area contributed by atoms with E-state index in [-0.39, 0.29) is 11.3 Å². The molecule has 2 aromatic carbocycles. The predicted octanol–water partition coefficient (Wildman–Crippen LogP) is 3.97. The van der Waals surface area contributed by atoms with E-state index in [1.807, 2.05) is 0 Å². The largest absolute Gasteiger partial charge is 0.396 e. The summed E-state index contributed by atoms with van der Waals surface area (Å²) in [6, 6.07) is 8.45. The molecule has 0 saturated carbocycles. The Labute approximate surface area is 119 Å². The van der Waals surface area contributed by atoms with E-state index >= 15 is 0 Å². The fourth-order valence-corrected chi connectivity index (χ4v) is 1.76. The molecule has 0 radical (unpaired) electrons. The quantitative estimate of drug-likeness (QED) is 0.824. The maximum Gasteiger partial charge on any atom is 0.255 e. The van der Waals surface area contributed by atoms with Gasteiger partial charge in [0.15, 0.2) is 0 Å². The van der Waals surface area contributed by atoms with Crippen LogP contribution in [0, 0.1) is 5.82 Å². The van der Waals surface area contributed by atoms with Crippen LogP contribution in [0.25, 0.3) is 0 Å². The van der Waals surface area contributed by atoms with Crippen molar-refractivity contribution in [3.63, 3.8) is 0 Å². The van der Waals surface area contributed by atoms with Gasteiger partial charge in [-0.05, 0) is 36.4 Å². The van der Waals surface area contributed by atoms with E-state index in [4.69, 9.17) is 28.9 Å². The maximum absolute atomic E-state index is 13.0. The highest BCUT2D eigenvalue weighted by molar-refractivity contribution is 6.42. The summed E-state index contributed by atoms with van der Waals surface area (Å²) in [4.78, 5) is 11.9. The van der Waals surface area contributed by atoms with E-state index in [2.05, 4.69) is 5.32 Å². The molecule has 6 heteroatoms. The highest BCUT2D eigenvalue weighted by Gasteiger charge is 2.09. The fraction of sp³-hybridized carbons (Fsp3) is 0. The van der Waals surface area contributed by atoms with Crippen LogP contribution in [0.15, 0.2) is 36.4 Å². The van der Waals surface area contributed by atoms with Crippen LogP contribution in [0.4, 0.5) is 15.8 Å². The van der Waals surface area contributed by atoms with Gasteiger partial charge in [0.2, 0.25) is 0 Å². The Morgan fingerprint density at radius 1 is 1.11 bits per heavy atom. The van der Waals surface area contributed by atoms with Crippen LogP contribution in [0.5, 0.6) is 0 Å². The lowest BCUT2D eigenvalue weighted by Crippen LogP contribution is -2.12. The average molecular weight is 299 g/mol. The molecule has 3 nitrogen and oxygen atoms in total. The van der Waals surface area contributed by atoms with E-state index in [9.17, 15) is 9.18 Å². The molecule has 98 valence electrons. The van der Waals surface area contributed by atoms with Gasteiger partial charge < -0.3 is 11.1 Å². The van der Waals surface area contributed by atoms with Crippen molar-refractivity contribution in [3.8, 4) is 0 Å². The molecule has 3 N–H and O–H groups in total. The molecule has 0 saturated heterocycles. The van der Waals surface area contributed by atoms with Crippen LogP contribution < -0.4 is 11.1 Å². The number of nitrogen functional groups attached to an aromatic ring is 1. The van der Waals surface area contributed by atoms with Crippen LogP contribution in [0.2, 0.25) is 10.0 Å². The van der Waals surface area contributed by atoms with Crippen molar-refractivity contribution in [2.45, 2.75) is 0 Å². The molecule has 19 heavy (non-hydrogen) atoms. The van der Waals surface area contributed by atoms with Gasteiger partial charge in [0.25, 0.3) is 5.91 Å². The number of benzene rings is 2. The Bertz CT molecular complexity index is 647. The first-order valence-corrected chi connectivity index (χ1v) is 6.04. The first-order chi connectivity index (χ1) is 8.97. The Kier molecular flexibility index (Phi) is 3.93. The third-order valence-corrected chi connectivity index (χ3v) is 3.17. The highest BCUT2D eigenvalue weighted by atomic mass is 35.5. The van der Waals surface area contributed by atoms with Gasteiger partial charge in [0.05, 0.1) is 15.7 Å². The minimum Gasteiger partial charge on any atom is -0.396 e. The second-order valence-corrected chi connectivity index (χ2v) is 4.63. The molecule has 0 heterocycles. The molecule has 0 aliphatic heterocycles. The van der Waals surface area contributed by atoms with Gasteiger partial charge in [-0.25, -0.2) is 4.39 Å². The van der Waals surface area contributed by atoms with Crippen molar-refractivity contribution in [2.75, 3.05) is 11.1 Å². The molecule has 2 aromatic rings. The van der Waals surface area contributed by atoms with Gasteiger partial charge in [0, 0.05) is 11.3 Å². The third-order valence-electron chi connectivity index (χ3n) is 2.44. The third kappa shape index (κ3) is 3.16. The number of nitrogens with one attached hydrogen (secondary N) is 1. The molecule has 0 spiro atoms. The summed E-state index contributed by atoms with van der Waals surface area (Å²) in [5.41, 5.74) is 6.06. The zero-order valence-corrected chi connectivity index (χ0v) is 11.1. The SMILES string of the molecule is Nc1cc(C(=O)Nc2ccc(Cl)c(Cl)c2)ccc1F. The van der Waals surface area contributed by atoms with Crippen molar-refractivity contribution >= 4 is 40.5 Å².